The van der Waals surface area contributed by atoms with Crippen molar-refractivity contribution in [3.8, 4) is 0 Å². The van der Waals surface area contributed by atoms with Gasteiger partial charge in [-0.25, -0.2) is 0 Å². The van der Waals surface area contributed by atoms with Crippen molar-refractivity contribution in [2.45, 2.75) is 38.5 Å². The lowest BCUT2D eigenvalue weighted by Crippen LogP contribution is -2.25. The molecule has 0 rings (SSSR count). The third-order valence-corrected chi connectivity index (χ3v) is 2.51. The van der Waals surface area contributed by atoms with Crippen LogP contribution in [0.25, 0.3) is 0 Å². The average molecular weight is 243 g/mol. The van der Waals surface area contributed by atoms with Crippen LogP contribution in [-0.4, -0.2) is 49.4 Å². The van der Waals surface area contributed by atoms with Crippen LogP contribution >= 0.6 is 0 Å². The molecule has 0 bridgehead atoms. The second-order valence-corrected chi connectivity index (χ2v) is 4.46. The van der Waals surface area contributed by atoms with Gasteiger partial charge in [-0.2, -0.15) is 0 Å². The zero-order chi connectivity index (χ0) is 12.9. The molecular weight excluding hydrogens is 218 g/mol. The highest BCUT2D eigenvalue weighted by molar-refractivity contribution is 6.25. The van der Waals surface area contributed by atoms with E-state index in [0.29, 0.717) is 6.54 Å². The molecule has 0 aliphatic carbocycles. The highest BCUT2D eigenvalue weighted by atomic mass is 16.4. The Morgan fingerprint density at radius 2 is 1.76 bits per heavy atom. The molecule has 0 saturated carbocycles. The number of nitrogens with one attached hydrogen (secondary N) is 1. The van der Waals surface area contributed by atoms with Crippen LogP contribution in [0.3, 0.4) is 0 Å². The molecule has 0 fully saturated rings. The number of rotatable bonds is 10. The first-order valence-corrected chi connectivity index (χ1v) is 6.27. The molecule has 17 heavy (non-hydrogen) atoms. The molecule has 1 amide bonds. The third-order valence-electron chi connectivity index (χ3n) is 2.51. The van der Waals surface area contributed by atoms with Gasteiger partial charge in [-0.05, 0) is 33.5 Å². The largest absolute Gasteiger partial charge is 0.411 e. The first-order chi connectivity index (χ1) is 8.16. The van der Waals surface area contributed by atoms with Gasteiger partial charge in [-0.1, -0.05) is 30.8 Å². The molecule has 5 nitrogen and oxygen atoms in total. The summed E-state index contributed by atoms with van der Waals surface area (Å²) in [5, 5.41) is 13.4. The molecule has 0 aliphatic heterocycles. The lowest BCUT2D eigenvalue weighted by molar-refractivity contribution is -0.114. The van der Waals surface area contributed by atoms with Gasteiger partial charge < -0.3 is 15.4 Å². The van der Waals surface area contributed by atoms with Crippen molar-refractivity contribution < 1.29 is 10.0 Å². The van der Waals surface area contributed by atoms with Crippen molar-refractivity contribution in [2.24, 2.45) is 5.16 Å². The van der Waals surface area contributed by atoms with Crippen molar-refractivity contribution in [1.82, 2.24) is 10.2 Å². The van der Waals surface area contributed by atoms with E-state index in [-0.39, 0.29) is 5.91 Å². The number of nitrogens with zero attached hydrogens (tertiary/aromatic N) is 2. The van der Waals surface area contributed by atoms with Crippen LogP contribution in [0, 0.1) is 0 Å². The number of amides is 1. The molecule has 0 aliphatic rings. The molecule has 0 radical (unpaired) electrons. The van der Waals surface area contributed by atoms with Gasteiger partial charge in [0.05, 0.1) is 0 Å². The molecule has 0 unspecified atom stereocenters. The van der Waals surface area contributed by atoms with Crippen LogP contribution in [0.2, 0.25) is 0 Å². The van der Waals surface area contributed by atoms with Crippen LogP contribution < -0.4 is 5.32 Å². The van der Waals surface area contributed by atoms with Gasteiger partial charge in [0.2, 0.25) is 0 Å². The molecule has 0 aromatic carbocycles. The van der Waals surface area contributed by atoms with E-state index in [1.165, 1.54) is 25.7 Å². The summed E-state index contributed by atoms with van der Waals surface area (Å²) >= 11 is 0. The molecule has 2 N–H and O–H groups in total. The van der Waals surface area contributed by atoms with Crippen molar-refractivity contribution in [2.75, 3.05) is 27.2 Å². The summed E-state index contributed by atoms with van der Waals surface area (Å²) in [4.78, 5) is 13.1. The number of carbonyl (C=O) groups is 1. The first-order valence-electron chi connectivity index (χ1n) is 6.27. The summed E-state index contributed by atoms with van der Waals surface area (Å²) in [6.45, 7) is 1.82. The normalized spacial score (nSPS) is 11.2. The van der Waals surface area contributed by atoms with Gasteiger partial charge >= 0.3 is 0 Å². The molecule has 0 aromatic heterocycles. The van der Waals surface area contributed by atoms with Gasteiger partial charge in [0.1, 0.15) is 6.21 Å². The number of hydrogen-bond acceptors (Lipinski definition) is 4. The van der Waals surface area contributed by atoms with E-state index in [1.807, 2.05) is 0 Å². The van der Waals surface area contributed by atoms with Crippen LogP contribution in [0.1, 0.15) is 38.5 Å². The van der Waals surface area contributed by atoms with Crippen LogP contribution in [0.4, 0.5) is 0 Å². The Balaban J connectivity index is 3.11. The smallest absolute Gasteiger partial charge is 0.265 e. The summed E-state index contributed by atoms with van der Waals surface area (Å²) in [5.41, 5.74) is 0. The maximum atomic E-state index is 10.9. The van der Waals surface area contributed by atoms with E-state index >= 15 is 0 Å². The summed E-state index contributed by atoms with van der Waals surface area (Å²) in [6.07, 6.45) is 8.02. The van der Waals surface area contributed by atoms with Crippen LogP contribution in [-0.2, 0) is 4.79 Å². The summed E-state index contributed by atoms with van der Waals surface area (Å²) in [6, 6.07) is 0. The SMILES string of the molecule is CN(C)CCCCCCCCNC(=O)/C=N/O. The fourth-order valence-electron chi connectivity index (χ4n) is 1.57. The highest BCUT2D eigenvalue weighted by Crippen LogP contribution is 2.05. The van der Waals surface area contributed by atoms with Gasteiger partial charge in [0.15, 0.2) is 0 Å². The Bertz CT molecular complexity index is 218. The zero-order valence-corrected chi connectivity index (χ0v) is 11.0. The van der Waals surface area contributed by atoms with E-state index in [2.05, 4.69) is 29.5 Å². The van der Waals surface area contributed by atoms with E-state index in [1.54, 1.807) is 0 Å². The Kier molecular flexibility index (Phi) is 10.7. The maximum Gasteiger partial charge on any atom is 0.265 e. The van der Waals surface area contributed by atoms with Gasteiger partial charge in [-0.15, -0.1) is 0 Å². The summed E-state index contributed by atoms with van der Waals surface area (Å²) in [5.74, 6) is -0.335. The van der Waals surface area contributed by atoms with E-state index < -0.39 is 0 Å². The summed E-state index contributed by atoms with van der Waals surface area (Å²) in [7, 11) is 4.19. The fraction of sp³-hybridized carbons (Fsp3) is 0.833. The van der Waals surface area contributed by atoms with Gasteiger partial charge in [0.25, 0.3) is 5.91 Å². The molecule has 0 spiro atoms. The number of hydrogen-bond donors (Lipinski definition) is 2. The highest BCUT2D eigenvalue weighted by Gasteiger charge is 1.96. The maximum absolute atomic E-state index is 10.9. The second-order valence-electron chi connectivity index (χ2n) is 4.46. The number of unbranched alkanes of at least 4 members (excludes halogenated alkanes) is 5. The molecule has 0 heterocycles. The minimum absolute atomic E-state index is 0.335. The fourth-order valence-corrected chi connectivity index (χ4v) is 1.57. The third kappa shape index (κ3) is 12.8. The lowest BCUT2D eigenvalue weighted by atomic mass is 10.1. The minimum Gasteiger partial charge on any atom is -0.411 e. The van der Waals surface area contributed by atoms with Gasteiger partial charge in [0, 0.05) is 6.54 Å². The standard InChI is InChI=1S/C12H25N3O2/c1-15(2)10-8-6-4-3-5-7-9-13-12(16)11-14-17/h11,17H,3-10H2,1-2H3,(H,13,16)/b14-11+. The molecular formula is C12H25N3O2. The second kappa shape index (κ2) is 11.4. The van der Waals surface area contributed by atoms with Crippen molar-refractivity contribution >= 4 is 12.1 Å². The van der Waals surface area contributed by atoms with Crippen LogP contribution in [0.15, 0.2) is 5.16 Å². The van der Waals surface area contributed by atoms with E-state index in [0.717, 1.165) is 25.6 Å². The predicted octanol–water partition coefficient (Wildman–Crippen LogP) is 1.46. The van der Waals surface area contributed by atoms with Crippen molar-refractivity contribution in [1.29, 1.82) is 0 Å². The van der Waals surface area contributed by atoms with Gasteiger partial charge in [-0.3, -0.25) is 4.79 Å². The Morgan fingerprint density at radius 3 is 2.35 bits per heavy atom. The van der Waals surface area contributed by atoms with Crippen LogP contribution in [0.5, 0.6) is 0 Å². The Morgan fingerprint density at radius 1 is 1.18 bits per heavy atom. The van der Waals surface area contributed by atoms with E-state index in [4.69, 9.17) is 5.21 Å². The quantitative estimate of drug-likeness (QED) is 0.264. The Labute approximate surface area is 104 Å². The average Bonchev–Trinajstić information content (AvgIpc) is 2.27. The Hall–Kier alpha value is -1.10. The molecule has 5 heteroatoms. The molecule has 0 saturated heterocycles. The predicted molar refractivity (Wildman–Crippen MR) is 69.5 cm³/mol. The number of oxime groups is 1. The minimum atomic E-state index is -0.335. The molecule has 0 aromatic rings. The zero-order valence-electron chi connectivity index (χ0n) is 11.0. The van der Waals surface area contributed by atoms with Crippen molar-refractivity contribution in [3.63, 3.8) is 0 Å². The summed E-state index contributed by atoms with van der Waals surface area (Å²) < 4.78 is 0. The first kappa shape index (κ1) is 15.9. The monoisotopic (exact) mass is 243 g/mol. The number of carbonyl (C=O) groups excluding carboxylic acids is 1. The molecule has 100 valence electrons. The van der Waals surface area contributed by atoms with E-state index in [9.17, 15) is 4.79 Å². The molecule has 0 atom stereocenters. The topological polar surface area (TPSA) is 64.9 Å². The van der Waals surface area contributed by atoms with Crippen molar-refractivity contribution in [3.05, 3.63) is 0 Å². The lowest BCUT2D eigenvalue weighted by Gasteiger charge is -2.08.